The van der Waals surface area contributed by atoms with Crippen LogP contribution in [0.25, 0.3) is 0 Å². The number of nitrogens with zero attached hydrogens (tertiary/aromatic N) is 2. The molecule has 0 radical (unpaired) electrons. The van der Waals surface area contributed by atoms with E-state index >= 15 is 0 Å². The number of aliphatic carboxylic acids is 1. The number of ether oxygens (including phenoxy) is 1. The second-order valence-corrected chi connectivity index (χ2v) is 13.3. The van der Waals surface area contributed by atoms with Gasteiger partial charge in [-0.2, -0.15) is 0 Å². The highest BCUT2D eigenvalue weighted by molar-refractivity contribution is 8.04. The molecule has 234 valence electrons. The molecule has 0 saturated carbocycles. The first-order chi connectivity index (χ1) is 21.6. The van der Waals surface area contributed by atoms with E-state index in [4.69, 9.17) is 4.74 Å². The van der Waals surface area contributed by atoms with Crippen LogP contribution in [0.3, 0.4) is 0 Å². The number of methoxy groups -OCH3 is 1. The van der Waals surface area contributed by atoms with Gasteiger partial charge in [-0.1, -0.05) is 59.2 Å². The zero-order chi connectivity index (χ0) is 32.1. The van der Waals surface area contributed by atoms with E-state index in [2.05, 4.69) is 42.5 Å². The highest BCUT2D eigenvalue weighted by Gasteiger charge is 2.35. The summed E-state index contributed by atoms with van der Waals surface area (Å²) in [4.78, 5) is 30.3. The Labute approximate surface area is 274 Å². The third-order valence-electron chi connectivity index (χ3n) is 7.97. The van der Waals surface area contributed by atoms with Crippen LogP contribution < -0.4 is 18.7 Å². The van der Waals surface area contributed by atoms with Crippen molar-refractivity contribution in [2.75, 3.05) is 29.4 Å². The zero-order valence-corrected chi connectivity index (χ0v) is 27.9. The number of carbonyl (C=O) groups excluding carboxylic acids is 1. The zero-order valence-electron chi connectivity index (χ0n) is 26.3. The molecule has 0 spiro atoms. The van der Waals surface area contributed by atoms with Crippen LogP contribution in [-0.2, 0) is 16.0 Å². The van der Waals surface area contributed by atoms with Crippen LogP contribution in [0.5, 0.6) is 5.75 Å². The van der Waals surface area contributed by atoms with Crippen LogP contribution in [0.4, 0.5) is 11.4 Å². The fourth-order valence-corrected chi connectivity index (χ4v) is 7.47. The minimum atomic E-state index is -0.903. The molecule has 1 unspecified atom stereocenters. The average molecular weight is 642 g/mol. The van der Waals surface area contributed by atoms with Crippen LogP contribution in [0.1, 0.15) is 49.9 Å². The number of rotatable bonds is 11. The van der Waals surface area contributed by atoms with Crippen molar-refractivity contribution in [2.45, 2.75) is 51.5 Å². The second kappa shape index (κ2) is 14.3. The third kappa shape index (κ3) is 7.60. The molecular formula is C36H39N3O4S2. The van der Waals surface area contributed by atoms with E-state index in [1.807, 2.05) is 78.0 Å². The lowest BCUT2D eigenvalue weighted by Gasteiger charge is -2.31. The van der Waals surface area contributed by atoms with Gasteiger partial charge in [-0.3, -0.25) is 14.3 Å². The summed E-state index contributed by atoms with van der Waals surface area (Å²) < 4.78 is 10.5. The number of fused-ring (bicyclic) bond motifs is 1. The molecule has 0 bridgehead atoms. The van der Waals surface area contributed by atoms with Crippen LogP contribution in [0.15, 0.2) is 105 Å². The van der Waals surface area contributed by atoms with Crippen molar-refractivity contribution in [3.05, 3.63) is 117 Å². The van der Waals surface area contributed by atoms with E-state index in [1.54, 1.807) is 7.11 Å². The van der Waals surface area contributed by atoms with Crippen molar-refractivity contribution in [3.8, 4) is 5.75 Å². The fraction of sp³-hybridized carbons (Fsp3) is 0.278. The maximum absolute atomic E-state index is 14.0. The monoisotopic (exact) mass is 641 g/mol. The molecule has 5 rings (SSSR count). The highest BCUT2D eigenvalue weighted by Crippen LogP contribution is 2.44. The van der Waals surface area contributed by atoms with Gasteiger partial charge in [0.05, 0.1) is 12.8 Å². The number of allylic oxidation sites excluding steroid dienone is 5. The first kappa shape index (κ1) is 32.3. The van der Waals surface area contributed by atoms with Gasteiger partial charge >= 0.3 is 5.97 Å². The molecule has 1 amide bonds. The van der Waals surface area contributed by atoms with Gasteiger partial charge in [0, 0.05) is 27.6 Å². The number of carboxylic acids is 1. The molecule has 1 aliphatic carbocycles. The summed E-state index contributed by atoms with van der Waals surface area (Å²) >= 11 is 2.78. The standard InChI is InChI=1S/C36H39N3O4S2/c1-23-13-16-29(17-14-23)44-37-36(42)34(27-8-6-9-28(21-27)43-5)38-19-18-30-31(38)10-7-11-32(30)39(22-33(40)41)45-35-25(3)15-12-24(2)20-26(35)4/h6-14,16-17,20-21,34H,15,18-19,22H2,1-5H3,(H,37,42)(H,40,41). The minimum absolute atomic E-state index is 0.147. The molecule has 45 heavy (non-hydrogen) atoms. The molecule has 0 fully saturated rings. The SMILES string of the molecule is COc1cccc(C(C(=O)NSc2ccc(C)cc2)N2CCc3c(N(CC(=O)O)SC4=C(C)CC=C(C)C=C4C)cccc32)c1. The topological polar surface area (TPSA) is 82.1 Å². The number of hydrogen-bond donors (Lipinski definition) is 2. The van der Waals surface area contributed by atoms with Crippen molar-refractivity contribution < 1.29 is 19.4 Å². The van der Waals surface area contributed by atoms with Gasteiger partial charge in [-0.25, -0.2) is 0 Å². The Morgan fingerprint density at radius 1 is 1.04 bits per heavy atom. The molecule has 2 N–H and O–H groups in total. The highest BCUT2D eigenvalue weighted by atomic mass is 32.2. The van der Waals surface area contributed by atoms with E-state index in [1.165, 1.54) is 35.0 Å². The molecule has 0 saturated heterocycles. The van der Waals surface area contributed by atoms with Crippen molar-refractivity contribution in [2.24, 2.45) is 0 Å². The summed E-state index contributed by atoms with van der Waals surface area (Å²) in [6.07, 6.45) is 5.85. The Morgan fingerprint density at radius 3 is 2.53 bits per heavy atom. The summed E-state index contributed by atoms with van der Waals surface area (Å²) in [6, 6.07) is 21.0. The number of carboxylic acid groups (broad SMARTS) is 1. The van der Waals surface area contributed by atoms with E-state index in [0.717, 1.165) is 49.9 Å². The maximum Gasteiger partial charge on any atom is 0.324 e. The largest absolute Gasteiger partial charge is 0.497 e. The van der Waals surface area contributed by atoms with Gasteiger partial charge < -0.3 is 19.0 Å². The number of anilines is 2. The number of nitrogens with one attached hydrogen (secondary N) is 1. The average Bonchev–Trinajstić information content (AvgIpc) is 3.40. The van der Waals surface area contributed by atoms with E-state index in [0.29, 0.717) is 18.7 Å². The fourth-order valence-electron chi connectivity index (χ4n) is 5.76. The van der Waals surface area contributed by atoms with Gasteiger partial charge in [-0.05, 0) is 112 Å². The second-order valence-electron chi connectivity index (χ2n) is 11.4. The molecular weight excluding hydrogens is 603 g/mol. The first-order valence-corrected chi connectivity index (χ1v) is 16.5. The maximum atomic E-state index is 14.0. The number of carbonyl (C=O) groups is 2. The summed E-state index contributed by atoms with van der Waals surface area (Å²) in [5.41, 5.74) is 8.29. The van der Waals surface area contributed by atoms with Crippen LogP contribution in [0, 0.1) is 6.92 Å². The minimum Gasteiger partial charge on any atom is -0.497 e. The predicted molar refractivity (Wildman–Crippen MR) is 186 cm³/mol. The van der Waals surface area contributed by atoms with Crippen molar-refractivity contribution in [1.29, 1.82) is 0 Å². The lowest BCUT2D eigenvalue weighted by Crippen LogP contribution is -2.37. The van der Waals surface area contributed by atoms with E-state index < -0.39 is 12.0 Å². The molecule has 1 heterocycles. The van der Waals surface area contributed by atoms with Gasteiger partial charge in [-0.15, -0.1) is 0 Å². The molecule has 1 atom stereocenters. The summed E-state index contributed by atoms with van der Waals surface area (Å²) in [5, 5.41) is 9.96. The van der Waals surface area contributed by atoms with E-state index in [-0.39, 0.29) is 12.5 Å². The molecule has 9 heteroatoms. The molecule has 1 aliphatic heterocycles. The smallest absolute Gasteiger partial charge is 0.324 e. The third-order valence-corrected chi connectivity index (χ3v) is 10.2. The molecule has 7 nitrogen and oxygen atoms in total. The number of aryl methyl sites for hydroxylation is 1. The van der Waals surface area contributed by atoms with Crippen LogP contribution in [0.2, 0.25) is 0 Å². The Morgan fingerprint density at radius 2 is 1.80 bits per heavy atom. The van der Waals surface area contributed by atoms with E-state index in [9.17, 15) is 14.7 Å². The molecule has 0 aromatic heterocycles. The summed E-state index contributed by atoms with van der Waals surface area (Å²) in [5.74, 6) is -0.375. The van der Waals surface area contributed by atoms with Gasteiger partial charge in [0.15, 0.2) is 0 Å². The Balaban J connectivity index is 1.50. The molecule has 3 aromatic carbocycles. The van der Waals surface area contributed by atoms with Crippen LogP contribution >= 0.6 is 23.9 Å². The van der Waals surface area contributed by atoms with Crippen molar-refractivity contribution in [3.63, 3.8) is 0 Å². The predicted octanol–water partition coefficient (Wildman–Crippen LogP) is 8.04. The normalized spacial score (nSPS) is 15.1. The summed E-state index contributed by atoms with van der Waals surface area (Å²) in [7, 11) is 1.62. The first-order valence-electron chi connectivity index (χ1n) is 14.9. The lowest BCUT2D eigenvalue weighted by atomic mass is 10.0. The van der Waals surface area contributed by atoms with Crippen molar-refractivity contribution >= 4 is 47.1 Å². The lowest BCUT2D eigenvalue weighted by molar-refractivity contribution is -0.135. The number of benzene rings is 3. The quantitative estimate of drug-likeness (QED) is 0.204. The van der Waals surface area contributed by atoms with Crippen molar-refractivity contribution in [1.82, 2.24) is 4.72 Å². The summed E-state index contributed by atoms with van der Waals surface area (Å²) in [6.45, 7) is 8.75. The Bertz CT molecular complexity index is 1680. The Hall–Kier alpha value is -4.08. The Kier molecular flexibility index (Phi) is 10.3. The number of hydrogen-bond acceptors (Lipinski definition) is 7. The van der Waals surface area contributed by atoms with Gasteiger partial charge in [0.25, 0.3) is 5.91 Å². The van der Waals surface area contributed by atoms with Crippen LogP contribution in [-0.4, -0.2) is 37.2 Å². The van der Waals surface area contributed by atoms with Gasteiger partial charge in [0.2, 0.25) is 0 Å². The van der Waals surface area contributed by atoms with Gasteiger partial charge in [0.1, 0.15) is 18.3 Å². The number of amides is 1. The molecule has 2 aliphatic rings. The molecule has 3 aromatic rings.